The van der Waals surface area contributed by atoms with Gasteiger partial charge in [0, 0.05) is 6.07 Å². The van der Waals surface area contributed by atoms with E-state index >= 15 is 0 Å². The van der Waals surface area contributed by atoms with Crippen molar-refractivity contribution in [1.82, 2.24) is 14.5 Å². The Balaban J connectivity index is 0.000000606. The van der Waals surface area contributed by atoms with Crippen molar-refractivity contribution in [3.8, 4) is 0 Å². The zero-order valence-electron chi connectivity index (χ0n) is 9.05. The first-order valence-electron chi connectivity index (χ1n) is 4.71. The van der Waals surface area contributed by atoms with Gasteiger partial charge in [-0.25, -0.2) is 9.44 Å². The highest BCUT2D eigenvalue weighted by Crippen LogP contribution is 2.33. The van der Waals surface area contributed by atoms with Crippen LogP contribution in [0.1, 0.15) is 19.5 Å². The third-order valence-corrected chi connectivity index (χ3v) is 4.18. The first-order chi connectivity index (χ1) is 7.63. The van der Waals surface area contributed by atoms with Gasteiger partial charge < -0.3 is 0 Å². The topological polar surface area (TPSA) is 30.7 Å². The van der Waals surface area contributed by atoms with Gasteiger partial charge in [-0.2, -0.15) is 5.10 Å². The van der Waals surface area contributed by atoms with Gasteiger partial charge >= 0.3 is 0 Å². The third kappa shape index (κ3) is 2.78. The summed E-state index contributed by atoms with van der Waals surface area (Å²) in [6.07, 6.45) is 0.528. The summed E-state index contributed by atoms with van der Waals surface area (Å²) >= 11 is 14.1. The zero-order chi connectivity index (χ0) is 12.3. The van der Waals surface area contributed by atoms with Crippen molar-refractivity contribution in [2.75, 3.05) is 0 Å². The van der Waals surface area contributed by atoms with Crippen LogP contribution in [0.5, 0.6) is 0 Å². The number of aryl methyl sites for hydroxylation is 1. The number of fused-ring (bicyclic) bond motifs is 1. The molecule has 0 saturated carbocycles. The molecule has 2 aromatic heterocycles. The average molecular weight is 390 g/mol. The maximum Gasteiger partial charge on any atom is 0.142 e. The number of aromatic nitrogens is 3. The lowest BCUT2D eigenvalue weighted by Crippen LogP contribution is -1.83. The lowest BCUT2D eigenvalue weighted by atomic mass is 10.3. The summed E-state index contributed by atoms with van der Waals surface area (Å²) in [4.78, 5) is 3.99. The molecule has 1 atom stereocenters. The molecule has 16 heavy (non-hydrogen) atoms. The fourth-order valence-corrected chi connectivity index (χ4v) is 3.41. The van der Waals surface area contributed by atoms with E-state index in [1.165, 1.54) is 0 Å². The second-order valence-corrected chi connectivity index (χ2v) is 5.50. The smallest absolute Gasteiger partial charge is 0.142 e. The Hall–Kier alpha value is 0.360. The molecule has 0 amide bonds. The average Bonchev–Trinajstić information content (AvgIpc) is 2.58. The van der Waals surface area contributed by atoms with Crippen molar-refractivity contribution < 1.29 is 0 Å². The predicted octanol–water partition coefficient (Wildman–Crippen LogP) is 4.86. The summed E-state index contributed by atoms with van der Waals surface area (Å²) in [7, 11) is 0. The molecule has 0 spiro atoms. The largest absolute Gasteiger partial charge is 0.237 e. The fraction of sp³-hybridized carbons (Fsp3) is 0.333. The Bertz CT molecular complexity index is 501. The van der Waals surface area contributed by atoms with Crippen molar-refractivity contribution >= 4 is 62.5 Å². The van der Waals surface area contributed by atoms with Crippen LogP contribution in [0.4, 0.5) is 0 Å². The molecular weight excluding hydrogens is 379 g/mol. The van der Waals surface area contributed by atoms with Crippen molar-refractivity contribution in [2.45, 2.75) is 20.8 Å². The van der Waals surface area contributed by atoms with Gasteiger partial charge in [-0.3, -0.25) is 0 Å². The second-order valence-electron chi connectivity index (χ2n) is 2.71. The zero-order valence-corrected chi connectivity index (χ0v) is 13.7. The minimum absolute atomic E-state index is 0.401. The predicted molar refractivity (Wildman–Crippen MR) is 81.4 cm³/mol. The first kappa shape index (κ1) is 14.4. The second kappa shape index (κ2) is 6.34. The molecule has 3 nitrogen and oxygen atoms in total. The Morgan fingerprint density at radius 1 is 1.38 bits per heavy atom. The molecule has 88 valence electrons. The number of pyridine rings is 1. The normalized spacial score (nSPS) is 10.9. The highest BCUT2D eigenvalue weighted by atomic mass is 127. The summed E-state index contributed by atoms with van der Waals surface area (Å²) in [6.45, 7) is 5.91. The molecule has 2 rings (SSSR count). The molecule has 0 bridgehead atoms. The quantitative estimate of drug-likeness (QED) is 0.396. The molecular formula is C9H11Cl2IN3P. The van der Waals surface area contributed by atoms with Crippen LogP contribution in [-0.4, -0.2) is 14.5 Å². The standard InChI is InChI=1S/C7H5Cl2IN3P.C2H6/c1-3-6-4(13(12-3)14-10)2-5(8)11-7(6)9;1-2/h2,14H,1H3;1-2H3. The highest BCUT2D eigenvalue weighted by molar-refractivity contribution is 14.2. The Morgan fingerprint density at radius 3 is 2.56 bits per heavy atom. The van der Waals surface area contributed by atoms with Crippen molar-refractivity contribution in [2.24, 2.45) is 0 Å². The molecule has 0 radical (unpaired) electrons. The molecule has 0 aliphatic carbocycles. The van der Waals surface area contributed by atoms with Crippen LogP contribution in [0, 0.1) is 6.92 Å². The first-order valence-corrected chi connectivity index (χ1v) is 9.53. The Morgan fingerprint density at radius 2 is 2.00 bits per heavy atom. The van der Waals surface area contributed by atoms with Gasteiger partial charge in [-0.15, -0.1) is 0 Å². The van der Waals surface area contributed by atoms with Crippen molar-refractivity contribution in [3.63, 3.8) is 0 Å². The number of rotatable bonds is 1. The highest BCUT2D eigenvalue weighted by Gasteiger charge is 2.12. The molecule has 0 aromatic carbocycles. The maximum atomic E-state index is 5.99. The molecule has 0 saturated heterocycles. The SMILES string of the molecule is CC.Cc1nn(PI)c2cc(Cl)nc(Cl)c12. The Kier molecular flexibility index (Phi) is 5.71. The van der Waals surface area contributed by atoms with E-state index in [9.17, 15) is 0 Å². The van der Waals surface area contributed by atoms with Crippen LogP contribution in [0.25, 0.3) is 10.9 Å². The van der Waals surface area contributed by atoms with Gasteiger partial charge in [0.05, 0.1) is 23.0 Å². The maximum absolute atomic E-state index is 5.99. The summed E-state index contributed by atoms with van der Waals surface area (Å²) in [5.74, 6) is 0. The van der Waals surface area contributed by atoms with Gasteiger partial charge in [-0.05, 0) is 29.0 Å². The summed E-state index contributed by atoms with van der Waals surface area (Å²) in [6, 6.07) is 1.79. The van der Waals surface area contributed by atoms with Gasteiger partial charge in [0.15, 0.2) is 0 Å². The monoisotopic (exact) mass is 389 g/mol. The minimum Gasteiger partial charge on any atom is -0.237 e. The van der Waals surface area contributed by atoms with Crippen LogP contribution in [0.2, 0.25) is 10.3 Å². The van der Waals surface area contributed by atoms with Gasteiger partial charge in [0.2, 0.25) is 0 Å². The van der Waals surface area contributed by atoms with E-state index in [4.69, 9.17) is 23.2 Å². The van der Waals surface area contributed by atoms with E-state index < -0.39 is 0 Å². The molecule has 7 heteroatoms. The number of halogens is 3. The third-order valence-electron chi connectivity index (χ3n) is 1.84. The fourth-order valence-electron chi connectivity index (χ4n) is 1.29. The lowest BCUT2D eigenvalue weighted by molar-refractivity contribution is 1.00. The van der Waals surface area contributed by atoms with E-state index in [1.54, 1.807) is 6.07 Å². The van der Waals surface area contributed by atoms with Crippen LogP contribution < -0.4 is 0 Å². The van der Waals surface area contributed by atoms with E-state index in [2.05, 4.69) is 32.1 Å². The number of hydrogen-bond acceptors (Lipinski definition) is 2. The van der Waals surface area contributed by atoms with E-state index in [1.807, 2.05) is 25.2 Å². The van der Waals surface area contributed by atoms with E-state index in [0.717, 1.165) is 16.6 Å². The van der Waals surface area contributed by atoms with Crippen molar-refractivity contribution in [1.29, 1.82) is 0 Å². The van der Waals surface area contributed by atoms with Gasteiger partial charge in [-0.1, -0.05) is 37.0 Å². The van der Waals surface area contributed by atoms with Crippen molar-refractivity contribution in [3.05, 3.63) is 22.1 Å². The van der Waals surface area contributed by atoms with E-state index in [0.29, 0.717) is 16.7 Å². The summed E-state index contributed by atoms with van der Waals surface area (Å²) in [5, 5.41) is 6.06. The van der Waals surface area contributed by atoms with Crippen LogP contribution in [0.15, 0.2) is 6.07 Å². The molecule has 0 fully saturated rings. The summed E-state index contributed by atoms with van der Waals surface area (Å²) in [5.41, 5.74) is 1.83. The Labute approximate surface area is 119 Å². The van der Waals surface area contributed by atoms with E-state index in [-0.39, 0.29) is 0 Å². The number of nitrogens with zero attached hydrogens (tertiary/aromatic N) is 3. The van der Waals surface area contributed by atoms with Gasteiger partial charge in [0.25, 0.3) is 0 Å². The lowest BCUT2D eigenvalue weighted by Gasteiger charge is -1.98. The molecule has 0 aliphatic rings. The van der Waals surface area contributed by atoms with Gasteiger partial charge in [0.1, 0.15) is 10.3 Å². The minimum atomic E-state index is 0.401. The molecule has 2 aromatic rings. The number of hydrogen-bond donors (Lipinski definition) is 0. The molecule has 0 N–H and O–H groups in total. The van der Waals surface area contributed by atoms with Crippen LogP contribution in [0.3, 0.4) is 0 Å². The molecule has 2 heterocycles. The van der Waals surface area contributed by atoms with Crippen LogP contribution in [-0.2, 0) is 0 Å². The van der Waals surface area contributed by atoms with Crippen LogP contribution >= 0.6 is 51.6 Å². The molecule has 1 unspecified atom stereocenters. The summed E-state index contributed by atoms with van der Waals surface area (Å²) < 4.78 is 1.88. The molecule has 0 aliphatic heterocycles.